The average molecular weight is 534 g/mol. The van der Waals surface area contributed by atoms with Gasteiger partial charge in [-0.25, -0.2) is 18.4 Å². The first-order chi connectivity index (χ1) is 17.6. The van der Waals surface area contributed by atoms with E-state index in [1.807, 2.05) is 36.5 Å². The Kier molecular flexibility index (Phi) is 6.81. The molecule has 2 N–H and O–H groups in total. The molecule has 1 fully saturated rings. The van der Waals surface area contributed by atoms with Crippen molar-refractivity contribution in [2.75, 3.05) is 40.7 Å². The van der Waals surface area contributed by atoms with Gasteiger partial charge in [0.1, 0.15) is 16.4 Å². The number of thiophene rings is 1. The van der Waals surface area contributed by atoms with E-state index in [-0.39, 0.29) is 7.43 Å². The highest BCUT2D eigenvalue weighted by molar-refractivity contribution is 7.94. The van der Waals surface area contributed by atoms with Crippen molar-refractivity contribution in [1.29, 1.82) is 0 Å². The van der Waals surface area contributed by atoms with Crippen molar-refractivity contribution in [3.63, 3.8) is 0 Å². The summed E-state index contributed by atoms with van der Waals surface area (Å²) in [4.78, 5) is 13.6. The lowest BCUT2D eigenvalue weighted by Crippen LogP contribution is -2.47. The Balaban J connectivity index is 0.00000280. The summed E-state index contributed by atoms with van der Waals surface area (Å²) in [5.74, 6) is 0.919. The number of nitrogens with one attached hydrogen (secondary N) is 2. The molecule has 37 heavy (non-hydrogen) atoms. The van der Waals surface area contributed by atoms with E-state index in [0.717, 1.165) is 59.7 Å². The molecule has 0 radical (unpaired) electrons. The minimum Gasteiger partial charge on any atom is -0.368 e. The monoisotopic (exact) mass is 533 g/mol. The zero-order valence-corrected chi connectivity index (χ0v) is 20.8. The van der Waals surface area contributed by atoms with Crippen LogP contribution in [0.3, 0.4) is 0 Å². The number of anilines is 3. The van der Waals surface area contributed by atoms with E-state index in [2.05, 4.69) is 40.8 Å². The Hall–Kier alpha value is -3.96. The second-order valence-corrected chi connectivity index (χ2v) is 11.3. The molecule has 4 heterocycles. The number of H-pyrrole nitrogens is 1. The summed E-state index contributed by atoms with van der Waals surface area (Å²) in [5.41, 5.74) is 4.52. The molecule has 1 aliphatic rings. The second-order valence-electron chi connectivity index (χ2n) is 8.48. The maximum Gasteiger partial charge on any atom is 0.271 e. The van der Waals surface area contributed by atoms with Crippen LogP contribution in [0, 0.1) is 0 Å². The van der Waals surface area contributed by atoms with Crippen molar-refractivity contribution in [2.24, 2.45) is 0 Å². The van der Waals surface area contributed by atoms with Crippen molar-refractivity contribution in [1.82, 2.24) is 20.2 Å². The summed E-state index contributed by atoms with van der Waals surface area (Å²) < 4.78 is 28.2. The maximum atomic E-state index is 12.6. The van der Waals surface area contributed by atoms with E-state index < -0.39 is 10.0 Å². The molecule has 0 amide bonds. The lowest BCUT2D eigenvalue weighted by Gasteiger charge is -2.37. The number of hydrogen-bond donors (Lipinski definition) is 2. The van der Waals surface area contributed by atoms with E-state index in [0.29, 0.717) is 9.90 Å². The van der Waals surface area contributed by atoms with E-state index in [4.69, 9.17) is 0 Å². The van der Waals surface area contributed by atoms with Crippen LogP contribution in [0.5, 0.6) is 0 Å². The third-order valence-electron chi connectivity index (χ3n) is 6.25. The minimum atomic E-state index is -3.58. The van der Waals surface area contributed by atoms with Crippen LogP contribution < -0.4 is 14.5 Å². The van der Waals surface area contributed by atoms with Gasteiger partial charge in [-0.1, -0.05) is 25.6 Å². The van der Waals surface area contributed by atoms with Crippen molar-refractivity contribution >= 4 is 49.5 Å². The normalized spacial score (nSPS) is 13.9. The predicted octanol–water partition coefficient (Wildman–Crippen LogP) is 4.84. The smallest absolute Gasteiger partial charge is 0.271 e. The summed E-state index contributed by atoms with van der Waals surface area (Å²) in [7, 11) is -3.58. The Morgan fingerprint density at radius 3 is 2.51 bits per heavy atom. The topological polar surface area (TPSA) is 107 Å². The molecule has 1 aliphatic heterocycles. The fraction of sp³-hybridized carbons (Fsp3) is 0.192. The molecular formula is C26H27N7O2S2. The molecule has 11 heteroatoms. The molecule has 6 rings (SSSR count). The van der Waals surface area contributed by atoms with E-state index in [1.54, 1.807) is 36.1 Å². The second kappa shape index (κ2) is 10.2. The zero-order valence-electron chi connectivity index (χ0n) is 19.2. The fourth-order valence-corrected chi connectivity index (χ4v) is 6.49. The molecule has 190 valence electrons. The number of hydrogen-bond acceptors (Lipinski definition) is 8. The van der Waals surface area contributed by atoms with Gasteiger partial charge in [-0.05, 0) is 47.3 Å². The largest absolute Gasteiger partial charge is 0.368 e. The molecule has 2 aromatic carbocycles. The number of nitrogens with zero attached hydrogens (tertiary/aromatic N) is 5. The van der Waals surface area contributed by atoms with Crippen molar-refractivity contribution in [3.05, 3.63) is 78.7 Å². The number of fused-ring (bicyclic) bond motifs is 1. The van der Waals surface area contributed by atoms with E-state index in [1.165, 1.54) is 11.3 Å². The molecular weight excluding hydrogens is 506 g/mol. The summed E-state index contributed by atoms with van der Waals surface area (Å²) >= 11 is 1.20. The van der Waals surface area contributed by atoms with Crippen LogP contribution in [0.25, 0.3) is 22.0 Å². The molecule has 0 atom stereocenters. The number of aromatic amines is 1. The maximum absolute atomic E-state index is 12.6. The highest BCUT2D eigenvalue weighted by Gasteiger charge is 2.22. The SMILES string of the molecule is C.O=S(=O)(Nc1cccc(N2CCN(c3ncnc4ccc(-c5cn[nH]c5)cc34)CC2)c1)c1cccs1. The molecule has 0 bridgehead atoms. The average Bonchev–Trinajstić information content (AvgIpc) is 3.64. The number of rotatable bonds is 6. The molecule has 9 nitrogen and oxygen atoms in total. The van der Waals surface area contributed by atoms with Crippen LogP contribution in [0.15, 0.2) is 82.9 Å². The number of piperazine rings is 1. The standard InChI is InChI=1S/C25H23N7O2S2.CH4/c33-36(34,24-5-2-12-35-24)30-20-3-1-4-21(14-20)31-8-10-32(11-9-31)25-22-13-18(19-15-28-29-16-19)6-7-23(22)26-17-27-25;/h1-7,12-17,30H,8-11H2,(H,28,29);1H4. The van der Waals surface area contributed by atoms with Crippen LogP contribution in [0.1, 0.15) is 7.43 Å². The molecule has 0 unspecified atom stereocenters. The van der Waals surface area contributed by atoms with Crippen LogP contribution in [0.4, 0.5) is 17.2 Å². The van der Waals surface area contributed by atoms with Crippen molar-refractivity contribution in [2.45, 2.75) is 11.6 Å². The van der Waals surface area contributed by atoms with Crippen LogP contribution >= 0.6 is 11.3 Å². The summed E-state index contributed by atoms with van der Waals surface area (Å²) in [6.07, 6.45) is 5.29. The third-order valence-corrected chi connectivity index (χ3v) is 9.03. The molecule has 0 saturated carbocycles. The van der Waals surface area contributed by atoms with Gasteiger partial charge in [0.15, 0.2) is 0 Å². The predicted molar refractivity (Wildman–Crippen MR) is 150 cm³/mol. The molecule has 5 aromatic rings. The van der Waals surface area contributed by atoms with Gasteiger partial charge in [-0.3, -0.25) is 9.82 Å². The molecule has 0 spiro atoms. The molecule has 0 aliphatic carbocycles. The van der Waals surface area contributed by atoms with Crippen LogP contribution in [-0.2, 0) is 10.0 Å². The Morgan fingerprint density at radius 1 is 0.919 bits per heavy atom. The zero-order chi connectivity index (χ0) is 24.5. The fourth-order valence-electron chi connectivity index (χ4n) is 4.45. The van der Waals surface area contributed by atoms with Gasteiger partial charge in [0.25, 0.3) is 10.0 Å². The molecule has 3 aromatic heterocycles. The van der Waals surface area contributed by atoms with Crippen LogP contribution in [0.2, 0.25) is 0 Å². The van der Waals surface area contributed by atoms with E-state index >= 15 is 0 Å². The van der Waals surface area contributed by atoms with Crippen LogP contribution in [-0.4, -0.2) is 54.8 Å². The summed E-state index contributed by atoms with van der Waals surface area (Å²) in [6, 6.07) is 17.1. The first-order valence-corrected chi connectivity index (χ1v) is 13.8. The third kappa shape index (κ3) is 5.00. The highest BCUT2D eigenvalue weighted by Crippen LogP contribution is 2.30. The van der Waals surface area contributed by atoms with Gasteiger partial charge < -0.3 is 9.80 Å². The quantitative estimate of drug-likeness (QED) is 0.321. The summed E-state index contributed by atoms with van der Waals surface area (Å²) in [6.45, 7) is 3.14. The van der Waals surface area contributed by atoms with Gasteiger partial charge in [0.05, 0.1) is 17.4 Å². The lowest BCUT2D eigenvalue weighted by molar-refractivity contribution is 0.603. The van der Waals surface area contributed by atoms with E-state index in [9.17, 15) is 8.42 Å². The number of aromatic nitrogens is 4. The van der Waals surface area contributed by atoms with Crippen molar-refractivity contribution < 1.29 is 8.42 Å². The first-order valence-electron chi connectivity index (χ1n) is 11.5. The van der Waals surface area contributed by atoms with Gasteiger partial charge in [-0.15, -0.1) is 11.3 Å². The number of sulfonamides is 1. The van der Waals surface area contributed by atoms with Gasteiger partial charge in [-0.2, -0.15) is 5.10 Å². The first kappa shape index (κ1) is 24.7. The van der Waals surface area contributed by atoms with Crippen molar-refractivity contribution in [3.8, 4) is 11.1 Å². The Morgan fingerprint density at radius 2 is 1.76 bits per heavy atom. The number of benzene rings is 2. The van der Waals surface area contributed by atoms with Gasteiger partial charge in [0, 0.05) is 49.0 Å². The van der Waals surface area contributed by atoms with Gasteiger partial charge >= 0.3 is 0 Å². The lowest BCUT2D eigenvalue weighted by atomic mass is 10.1. The minimum absolute atomic E-state index is 0. The summed E-state index contributed by atoms with van der Waals surface area (Å²) in [5, 5.41) is 9.68. The Bertz CT molecular complexity index is 1600. The molecule has 1 saturated heterocycles. The van der Waals surface area contributed by atoms with Gasteiger partial charge in [0.2, 0.25) is 0 Å². The highest BCUT2D eigenvalue weighted by atomic mass is 32.2. The Labute approximate surface area is 219 Å².